The number of nitrogens with zero attached hydrogens (tertiary/aromatic N) is 2. The molecule has 0 aliphatic carbocycles. The van der Waals surface area contributed by atoms with E-state index >= 15 is 0 Å². The zero-order chi connectivity index (χ0) is 22.8. The number of ether oxygens (including phenoxy) is 1. The number of hydrogen-bond acceptors (Lipinski definition) is 3. The molecule has 0 bridgehead atoms. The van der Waals surface area contributed by atoms with Gasteiger partial charge in [0, 0.05) is 48.3 Å². The highest BCUT2D eigenvalue weighted by molar-refractivity contribution is 6.07. The number of hydrogen-bond donors (Lipinski definition) is 2. The van der Waals surface area contributed by atoms with Crippen molar-refractivity contribution >= 4 is 33.4 Å². The van der Waals surface area contributed by atoms with Gasteiger partial charge in [-0.1, -0.05) is 0 Å². The highest BCUT2D eigenvalue weighted by Crippen LogP contribution is 2.34. The van der Waals surface area contributed by atoms with Crippen molar-refractivity contribution in [1.82, 2.24) is 9.55 Å². The molecule has 3 heterocycles. The van der Waals surface area contributed by atoms with Crippen LogP contribution in [0.15, 0.2) is 48.8 Å². The minimum atomic E-state index is -0.347. The second-order valence-electron chi connectivity index (χ2n) is 9.00. The number of nitrogens with two attached hydrogens (primary N) is 1. The zero-order valence-corrected chi connectivity index (χ0v) is 19.3. The molecule has 6 nitrogen and oxygen atoms in total. The maximum Gasteiger partial charge on any atom is 0.250 e. The fourth-order valence-corrected chi connectivity index (χ4v) is 5.20. The summed E-state index contributed by atoms with van der Waals surface area (Å²) >= 11 is 0. The molecule has 3 N–H and O–H groups in total. The largest absolute Gasteiger partial charge is 0.497 e. The SMILES string of the molecule is COc1ccc2[nH]cc(CCCCn3ccc4c(N5CCCCC5)c(C(N)=O)ccc43)c2c1. The lowest BCUT2D eigenvalue weighted by Crippen LogP contribution is -2.31. The van der Waals surface area contributed by atoms with Crippen molar-refractivity contribution < 1.29 is 9.53 Å². The molecule has 0 unspecified atom stereocenters. The average Bonchev–Trinajstić information content (AvgIpc) is 3.45. The van der Waals surface area contributed by atoms with Crippen molar-refractivity contribution in [3.8, 4) is 5.75 Å². The molecule has 0 radical (unpaired) electrons. The molecule has 1 fully saturated rings. The van der Waals surface area contributed by atoms with Crippen LogP contribution in [0.5, 0.6) is 5.75 Å². The fraction of sp³-hybridized carbons (Fsp3) is 0.370. The van der Waals surface area contributed by atoms with Gasteiger partial charge in [-0.2, -0.15) is 0 Å². The summed E-state index contributed by atoms with van der Waals surface area (Å²) in [4.78, 5) is 17.9. The third kappa shape index (κ3) is 4.17. The van der Waals surface area contributed by atoms with Gasteiger partial charge in [-0.15, -0.1) is 0 Å². The lowest BCUT2D eigenvalue weighted by atomic mass is 10.0. The van der Waals surface area contributed by atoms with Gasteiger partial charge in [-0.05, 0) is 80.5 Å². The smallest absolute Gasteiger partial charge is 0.250 e. The number of amides is 1. The number of nitrogens with one attached hydrogen (secondary N) is 1. The Morgan fingerprint density at radius 3 is 2.70 bits per heavy atom. The van der Waals surface area contributed by atoms with Crippen LogP contribution in [0, 0.1) is 0 Å². The van der Waals surface area contributed by atoms with Crippen LogP contribution in [-0.2, 0) is 13.0 Å². The number of benzene rings is 2. The number of aromatic amines is 1. The minimum absolute atomic E-state index is 0.347. The van der Waals surface area contributed by atoms with Crippen LogP contribution in [0.25, 0.3) is 21.8 Å². The Bertz CT molecular complexity index is 1280. The first-order chi connectivity index (χ1) is 16.2. The number of anilines is 1. The van der Waals surface area contributed by atoms with E-state index in [1.807, 2.05) is 12.1 Å². The molecule has 0 atom stereocenters. The number of H-pyrrole nitrogens is 1. The monoisotopic (exact) mass is 444 g/mol. The van der Waals surface area contributed by atoms with Gasteiger partial charge in [0.2, 0.25) is 0 Å². The van der Waals surface area contributed by atoms with Gasteiger partial charge in [-0.25, -0.2) is 0 Å². The molecule has 0 saturated carbocycles. The number of methoxy groups -OCH3 is 1. The minimum Gasteiger partial charge on any atom is -0.497 e. The van der Waals surface area contributed by atoms with Gasteiger partial charge < -0.3 is 24.9 Å². The van der Waals surface area contributed by atoms with E-state index in [2.05, 4.69) is 51.1 Å². The topological polar surface area (TPSA) is 76.3 Å². The van der Waals surface area contributed by atoms with Gasteiger partial charge in [-0.3, -0.25) is 4.79 Å². The number of carbonyl (C=O) groups is 1. The number of carbonyl (C=O) groups excluding carboxylic acids is 1. The Hall–Kier alpha value is -3.41. The Kier molecular flexibility index (Phi) is 5.99. The number of primary amides is 1. The third-order valence-electron chi connectivity index (χ3n) is 6.93. The van der Waals surface area contributed by atoms with Crippen LogP contribution >= 0.6 is 0 Å². The molecule has 2 aromatic heterocycles. The summed E-state index contributed by atoms with van der Waals surface area (Å²) in [5.41, 5.74) is 11.1. The number of unbranched alkanes of at least 4 members (excludes halogenated alkanes) is 1. The Morgan fingerprint density at radius 2 is 1.91 bits per heavy atom. The molecule has 4 aromatic rings. The number of piperidine rings is 1. The van der Waals surface area contributed by atoms with E-state index < -0.39 is 0 Å². The molecule has 1 aliphatic heterocycles. The normalized spacial score (nSPS) is 14.3. The van der Waals surface area contributed by atoms with Crippen molar-refractivity contribution in [1.29, 1.82) is 0 Å². The summed E-state index contributed by atoms with van der Waals surface area (Å²) in [5.74, 6) is 0.544. The fourth-order valence-electron chi connectivity index (χ4n) is 5.20. The van der Waals surface area contributed by atoms with E-state index in [0.717, 1.165) is 74.1 Å². The number of fused-ring (bicyclic) bond motifs is 2. The molecule has 2 aromatic carbocycles. The van der Waals surface area contributed by atoms with E-state index in [-0.39, 0.29) is 5.91 Å². The summed E-state index contributed by atoms with van der Waals surface area (Å²) in [5, 5.41) is 2.38. The van der Waals surface area contributed by atoms with E-state index in [0.29, 0.717) is 5.56 Å². The number of aryl methyl sites for hydroxylation is 2. The van der Waals surface area contributed by atoms with Gasteiger partial charge in [0.25, 0.3) is 5.91 Å². The van der Waals surface area contributed by atoms with Crippen LogP contribution in [0.3, 0.4) is 0 Å². The first-order valence-corrected chi connectivity index (χ1v) is 12.0. The van der Waals surface area contributed by atoms with E-state index in [4.69, 9.17) is 10.5 Å². The van der Waals surface area contributed by atoms with Crippen molar-refractivity contribution in [2.45, 2.75) is 45.1 Å². The number of rotatable bonds is 8. The molecule has 5 rings (SSSR count). The maximum atomic E-state index is 12.2. The van der Waals surface area contributed by atoms with Crippen molar-refractivity contribution in [2.75, 3.05) is 25.1 Å². The van der Waals surface area contributed by atoms with Crippen LogP contribution in [0.2, 0.25) is 0 Å². The van der Waals surface area contributed by atoms with Crippen LogP contribution in [0.4, 0.5) is 5.69 Å². The van der Waals surface area contributed by atoms with Crippen molar-refractivity contribution in [3.63, 3.8) is 0 Å². The van der Waals surface area contributed by atoms with E-state index in [1.165, 1.54) is 22.9 Å². The molecular weight excluding hydrogens is 412 g/mol. The molecule has 6 heteroatoms. The van der Waals surface area contributed by atoms with Crippen molar-refractivity contribution in [2.24, 2.45) is 5.73 Å². The molecular formula is C27H32N4O2. The van der Waals surface area contributed by atoms with Gasteiger partial charge in [0.05, 0.1) is 23.9 Å². The second kappa shape index (κ2) is 9.22. The lowest BCUT2D eigenvalue weighted by Gasteiger charge is -2.30. The molecule has 172 valence electrons. The first-order valence-electron chi connectivity index (χ1n) is 12.0. The van der Waals surface area contributed by atoms with Crippen LogP contribution < -0.4 is 15.4 Å². The summed E-state index contributed by atoms with van der Waals surface area (Å²) in [6.07, 6.45) is 11.0. The van der Waals surface area contributed by atoms with Gasteiger partial charge in [0.15, 0.2) is 0 Å². The highest BCUT2D eigenvalue weighted by atomic mass is 16.5. The molecule has 1 saturated heterocycles. The summed E-state index contributed by atoms with van der Waals surface area (Å²) in [7, 11) is 1.71. The van der Waals surface area contributed by atoms with Gasteiger partial charge in [0.1, 0.15) is 5.75 Å². The predicted molar refractivity (Wildman–Crippen MR) is 134 cm³/mol. The molecule has 0 spiro atoms. The molecule has 1 amide bonds. The van der Waals surface area contributed by atoms with Crippen LogP contribution in [-0.4, -0.2) is 35.7 Å². The maximum absolute atomic E-state index is 12.2. The standard InChI is InChI=1S/C27H32N4O2/c1-33-20-8-10-24-23(17-20)19(18-29-24)7-3-6-13-30-16-12-21-25(30)11-9-22(27(28)32)26(21)31-14-4-2-5-15-31/h8-12,16-18,29H,2-7,13-15H2,1H3,(H2,28,32). The Labute approximate surface area is 194 Å². The Balaban J connectivity index is 1.31. The van der Waals surface area contributed by atoms with Crippen LogP contribution in [0.1, 0.15) is 48.0 Å². The van der Waals surface area contributed by atoms with Crippen molar-refractivity contribution in [3.05, 3.63) is 59.9 Å². The van der Waals surface area contributed by atoms with Gasteiger partial charge >= 0.3 is 0 Å². The third-order valence-corrected chi connectivity index (χ3v) is 6.93. The van der Waals surface area contributed by atoms with E-state index in [1.54, 1.807) is 7.11 Å². The predicted octanol–water partition coefficient (Wildman–Crippen LogP) is 5.24. The lowest BCUT2D eigenvalue weighted by molar-refractivity contribution is 0.100. The van der Waals surface area contributed by atoms with E-state index in [9.17, 15) is 4.79 Å². The second-order valence-corrected chi connectivity index (χ2v) is 9.00. The summed E-state index contributed by atoms with van der Waals surface area (Å²) in [6, 6.07) is 12.3. The first kappa shape index (κ1) is 21.4. The number of aromatic nitrogens is 2. The molecule has 1 aliphatic rings. The molecule has 33 heavy (non-hydrogen) atoms. The Morgan fingerprint density at radius 1 is 1.06 bits per heavy atom. The quantitative estimate of drug-likeness (QED) is 0.365. The summed E-state index contributed by atoms with van der Waals surface area (Å²) < 4.78 is 7.70. The summed E-state index contributed by atoms with van der Waals surface area (Å²) in [6.45, 7) is 2.92. The average molecular weight is 445 g/mol. The zero-order valence-electron chi connectivity index (χ0n) is 19.3. The highest BCUT2D eigenvalue weighted by Gasteiger charge is 2.21.